The number of nitrogens with two attached hydrogens (primary N) is 2. The number of aryl methyl sites for hydroxylation is 1. The summed E-state index contributed by atoms with van der Waals surface area (Å²) in [5.74, 6) is 1.10. The van der Waals surface area contributed by atoms with Crippen LogP contribution in [0.15, 0.2) is 25.3 Å². The molecule has 0 radical (unpaired) electrons. The minimum absolute atomic E-state index is 0.0221. The summed E-state index contributed by atoms with van der Waals surface area (Å²) >= 11 is 0. The number of aliphatic hydroxyl groups is 3. The van der Waals surface area contributed by atoms with Crippen LogP contribution in [0.4, 0.5) is 16.4 Å². The molecule has 14 atom stereocenters. The molecular formula is C46H72N15O24P3. The number of amides is 1. The van der Waals surface area contributed by atoms with Crippen LogP contribution in [0.3, 0.4) is 0 Å². The molecule has 88 heavy (non-hydrogen) atoms. The highest BCUT2D eigenvalue weighted by Crippen LogP contribution is 2.53. The van der Waals surface area contributed by atoms with Gasteiger partial charge in [-0.1, -0.05) is 5.21 Å². The van der Waals surface area contributed by atoms with Gasteiger partial charge in [0.2, 0.25) is 0 Å². The number of alkyl carbamates (subject to hydrolysis) is 1. The number of phosphoric ester groups is 3. The van der Waals surface area contributed by atoms with Gasteiger partial charge in [0, 0.05) is 13.7 Å². The number of imidazole rings is 2. The van der Waals surface area contributed by atoms with Gasteiger partial charge in [0.05, 0.1) is 123 Å². The summed E-state index contributed by atoms with van der Waals surface area (Å²) in [5.41, 5.74) is 14.6. The van der Waals surface area contributed by atoms with Gasteiger partial charge in [0.25, 0.3) is 0 Å². The van der Waals surface area contributed by atoms with Crippen molar-refractivity contribution in [3.63, 3.8) is 0 Å². The smallest absolute Gasteiger partial charge is 0.449 e. The molecule has 0 spiro atoms. The van der Waals surface area contributed by atoms with Gasteiger partial charge in [-0.3, -0.25) is 41.1 Å². The number of anilines is 2. The van der Waals surface area contributed by atoms with Crippen LogP contribution in [0, 0.1) is 17.8 Å². The lowest BCUT2D eigenvalue weighted by Gasteiger charge is -2.44. The summed E-state index contributed by atoms with van der Waals surface area (Å²) in [4.78, 5) is 73.0. The van der Waals surface area contributed by atoms with E-state index in [9.17, 15) is 48.5 Å². The Hall–Kier alpha value is -5.00. The molecule has 5 aromatic rings. The number of phosphoric acid groups is 3. The molecule has 10 unspecified atom stereocenters. The molecule has 490 valence electrons. The van der Waals surface area contributed by atoms with Crippen molar-refractivity contribution in [2.75, 3.05) is 118 Å². The number of hydroxylamine groups is 2. The first-order chi connectivity index (χ1) is 42.3. The lowest BCUT2D eigenvalue weighted by Crippen LogP contribution is -2.60. The number of ether oxygens (including phenoxy) is 7. The van der Waals surface area contributed by atoms with Gasteiger partial charge >= 0.3 is 29.6 Å². The van der Waals surface area contributed by atoms with Crippen LogP contribution >= 0.6 is 23.5 Å². The number of hydrogen-bond donors (Lipinski definition) is 9. The van der Waals surface area contributed by atoms with E-state index in [2.05, 4.69) is 50.1 Å². The summed E-state index contributed by atoms with van der Waals surface area (Å²) in [6.07, 6.45) is -4.39. The molecule has 5 aromatic heterocycles. The summed E-state index contributed by atoms with van der Waals surface area (Å²) in [7, 11) is -13.0. The van der Waals surface area contributed by atoms with Crippen molar-refractivity contribution in [1.29, 1.82) is 0 Å². The van der Waals surface area contributed by atoms with Gasteiger partial charge in [-0.05, 0) is 50.4 Å². The van der Waals surface area contributed by atoms with Crippen molar-refractivity contribution in [1.82, 2.24) is 64.4 Å². The molecule has 7 heterocycles. The van der Waals surface area contributed by atoms with Gasteiger partial charge in [0.15, 0.2) is 47.8 Å². The Bertz CT molecular complexity index is 3230. The maximum absolute atomic E-state index is 12.8. The second-order valence-electron chi connectivity index (χ2n) is 20.1. The number of hydrogen-bond acceptors (Lipinski definition) is 32. The van der Waals surface area contributed by atoms with E-state index in [-0.39, 0.29) is 99.3 Å². The van der Waals surface area contributed by atoms with Crippen molar-refractivity contribution in [2.24, 2.45) is 17.8 Å². The van der Waals surface area contributed by atoms with Gasteiger partial charge in [0.1, 0.15) is 48.1 Å². The zero-order chi connectivity index (χ0) is 62.6. The van der Waals surface area contributed by atoms with E-state index in [0.717, 1.165) is 55.6 Å². The fourth-order valence-electron chi connectivity index (χ4n) is 10.3. The van der Waals surface area contributed by atoms with Crippen molar-refractivity contribution in [3.8, 4) is 0 Å². The number of nitrogen functional groups attached to an aromatic ring is 2. The molecule has 42 heteroatoms. The number of carbonyl (C=O) groups is 1. The van der Waals surface area contributed by atoms with E-state index in [1.807, 2.05) is 4.68 Å². The van der Waals surface area contributed by atoms with E-state index in [4.69, 9.17) is 72.1 Å². The molecule has 2 saturated heterocycles. The average Bonchev–Trinajstić information content (AvgIpc) is 2.36. The van der Waals surface area contributed by atoms with Crippen LogP contribution in [-0.2, 0) is 98.2 Å². The number of nitrogens with one attached hydrogen (secondary N) is 1. The standard InChI is InChI=1S/C46H72N15O24P3/c1-3-79-88(70,71)85-37-32(83-44(36(37)62)58-25-54-34-38(47)50-23-52-40(34)58)21-82-87(68,69)80-19-17-73-10-8-49-46(65)77-20-29-27-4-6-30-31(7-5-28(27)29)60(57-56-30)9-11-74-12-13-75-14-15-76-16-18-78-61-42(63)33(22-81-86(66,67)72-2)84-45(43(61)64)59-26-55-35-39(48)51-24-53-41(35)59/h23-29,32-33,36-37,42-45,62-64H,3-22H2,1-2H3,(H,49,65)(H,66,67)(H,68,69)(H,70,71)(H2,47,50,52)(H2,48,51,53)/t27?,28?,29?,32-,33+,36?,37+,42?,43?,44-,45?/m0/s1. The lowest BCUT2D eigenvalue weighted by atomic mass is 10.0. The maximum Gasteiger partial charge on any atom is 0.472 e. The Kier molecular flexibility index (Phi) is 23.6. The number of aliphatic hydroxyl groups excluding tert-OH is 3. The van der Waals surface area contributed by atoms with Gasteiger partial charge in [-0.2, -0.15) is 0 Å². The summed E-state index contributed by atoms with van der Waals surface area (Å²) in [6, 6.07) is 0. The highest BCUT2D eigenvalue weighted by molar-refractivity contribution is 7.47. The second kappa shape index (κ2) is 30.9. The fraction of sp³-hybridized carbons (Fsp3) is 0.717. The number of aromatic nitrogens is 11. The zero-order valence-electron chi connectivity index (χ0n) is 47.7. The monoisotopic (exact) mass is 1310 g/mol. The zero-order valence-corrected chi connectivity index (χ0v) is 50.4. The summed E-state index contributed by atoms with van der Waals surface area (Å²) < 4.78 is 111. The van der Waals surface area contributed by atoms with Crippen molar-refractivity contribution < 1.29 is 114 Å². The highest BCUT2D eigenvalue weighted by atomic mass is 31.2. The molecule has 9 rings (SSSR count). The number of nitrogens with zero attached hydrogens (tertiary/aromatic N) is 12. The Labute approximate surface area is 500 Å². The second-order valence-corrected chi connectivity index (χ2v) is 24.5. The first kappa shape index (κ1) is 67.4. The third-order valence-electron chi connectivity index (χ3n) is 14.6. The van der Waals surface area contributed by atoms with E-state index in [1.165, 1.54) is 35.0 Å². The molecule has 1 amide bonds. The van der Waals surface area contributed by atoms with Crippen LogP contribution in [0.1, 0.15) is 43.6 Å². The first-order valence-electron chi connectivity index (χ1n) is 27.8. The molecule has 0 aromatic carbocycles. The molecule has 2 aliphatic carbocycles. The third-order valence-corrected chi connectivity index (χ3v) is 17.6. The Morgan fingerprint density at radius 2 is 1.27 bits per heavy atom. The molecule has 11 N–H and O–H groups in total. The van der Waals surface area contributed by atoms with Crippen LogP contribution in [0.2, 0.25) is 0 Å². The molecule has 0 bridgehead atoms. The summed E-state index contributed by atoms with van der Waals surface area (Å²) in [6.45, 7) is 1.46. The highest BCUT2D eigenvalue weighted by Gasteiger charge is 2.52. The Balaban J connectivity index is 0.598. The van der Waals surface area contributed by atoms with Gasteiger partial charge in [-0.15, -0.1) is 10.2 Å². The Morgan fingerprint density at radius 3 is 1.94 bits per heavy atom. The number of fused-ring (bicyclic) bond motifs is 4. The first-order valence-corrected chi connectivity index (χ1v) is 32.3. The van der Waals surface area contributed by atoms with Gasteiger partial charge < -0.3 is 79.9 Å². The van der Waals surface area contributed by atoms with E-state index in [0.29, 0.717) is 38.2 Å². The van der Waals surface area contributed by atoms with E-state index in [1.54, 1.807) is 0 Å². The van der Waals surface area contributed by atoms with Crippen LogP contribution in [-0.4, -0.2) is 238 Å². The molecule has 1 saturated carbocycles. The van der Waals surface area contributed by atoms with Crippen molar-refractivity contribution in [2.45, 2.75) is 88.5 Å². The number of carbonyl (C=O) groups excluding carboxylic acids is 1. The largest absolute Gasteiger partial charge is 0.472 e. The van der Waals surface area contributed by atoms with Crippen LogP contribution < -0.4 is 16.8 Å². The Morgan fingerprint density at radius 1 is 0.682 bits per heavy atom. The summed E-state index contributed by atoms with van der Waals surface area (Å²) in [5, 5.41) is 45.7. The van der Waals surface area contributed by atoms with Crippen LogP contribution in [0.5, 0.6) is 0 Å². The predicted octanol–water partition coefficient (Wildman–Crippen LogP) is -0.899. The number of rotatable bonds is 35. The minimum atomic E-state index is -4.78. The molecule has 3 fully saturated rings. The molecule has 4 aliphatic rings. The quantitative estimate of drug-likeness (QED) is 0.0175. The maximum atomic E-state index is 12.8. The average molecular weight is 1310 g/mol. The molecule has 2 aliphatic heterocycles. The molecular weight excluding hydrogens is 1240 g/mol. The SMILES string of the molecule is CCOP(=O)(O)O[C@H]1C(O)[C@@H](n2cnc3c(N)ncnc32)O[C@H]1COP(=O)(O)OCCOCCNC(=O)OCC1C2CCc3nnn(CCOCCOCCOCCON4C(O)C(n5cnc6c(N)ncnc65)O[C@H](COP(=O)(O)OC)C4O)c3CCC21. The van der Waals surface area contributed by atoms with Crippen LogP contribution in [0.25, 0.3) is 22.3 Å². The molecule has 39 nitrogen and oxygen atoms in total. The third kappa shape index (κ3) is 17.3. The normalized spacial score (nSPS) is 26.8. The topological polar surface area (TPSA) is 504 Å². The van der Waals surface area contributed by atoms with E-state index >= 15 is 0 Å². The lowest BCUT2D eigenvalue weighted by molar-refractivity contribution is -0.391. The van der Waals surface area contributed by atoms with Crippen molar-refractivity contribution in [3.05, 3.63) is 36.7 Å². The number of morpholine rings is 1. The fourth-order valence-corrected chi connectivity index (χ4v) is 12.4. The van der Waals surface area contributed by atoms with E-state index < -0.39 is 98.7 Å². The van der Waals surface area contributed by atoms with Gasteiger partial charge in [-0.25, -0.2) is 53.1 Å². The van der Waals surface area contributed by atoms with Crippen molar-refractivity contribution >= 4 is 63.5 Å². The minimum Gasteiger partial charge on any atom is -0.449 e. The predicted molar refractivity (Wildman–Crippen MR) is 294 cm³/mol.